The lowest BCUT2D eigenvalue weighted by atomic mass is 10.0. The van der Waals surface area contributed by atoms with E-state index >= 15 is 0 Å². The number of nitrogens with zero attached hydrogens (tertiary/aromatic N) is 2. The van der Waals surface area contributed by atoms with Gasteiger partial charge in [-0.1, -0.05) is 56.3 Å². The fourth-order valence-electron chi connectivity index (χ4n) is 8.51. The second-order valence-corrected chi connectivity index (χ2v) is 20.8. The zero-order valence-corrected chi connectivity index (χ0v) is 48.1. The van der Waals surface area contributed by atoms with Crippen LogP contribution in [-0.4, -0.2) is 66.3 Å². The molecule has 1 saturated carbocycles. The van der Waals surface area contributed by atoms with E-state index in [2.05, 4.69) is 4.98 Å². The Balaban J connectivity index is 0.000000171. The number of hydrogen-bond donors (Lipinski definition) is 4. The monoisotopic (exact) mass is 1210 g/mol. The van der Waals surface area contributed by atoms with E-state index in [1.54, 1.807) is 99.8 Å². The number of carbonyl (C=O) groups is 2. The summed E-state index contributed by atoms with van der Waals surface area (Å²) in [5, 5.41) is 27.8. The molecule has 1 fully saturated rings. The van der Waals surface area contributed by atoms with Gasteiger partial charge in [-0.05, 0) is 157 Å². The lowest BCUT2D eigenvalue weighted by Gasteiger charge is -2.20. The van der Waals surface area contributed by atoms with Crippen molar-refractivity contribution in [1.29, 1.82) is 0 Å². The second kappa shape index (κ2) is 29.1. The summed E-state index contributed by atoms with van der Waals surface area (Å²) in [7, 11) is 0. The van der Waals surface area contributed by atoms with E-state index in [0.29, 0.717) is 45.4 Å². The van der Waals surface area contributed by atoms with Crippen molar-refractivity contribution < 1.29 is 70.9 Å². The second-order valence-electron chi connectivity index (χ2n) is 20.8. The summed E-state index contributed by atoms with van der Waals surface area (Å²) in [5.41, 5.74) is 4.15. The van der Waals surface area contributed by atoms with Crippen molar-refractivity contribution in [2.75, 3.05) is 13.2 Å². The summed E-state index contributed by atoms with van der Waals surface area (Å²) in [5.74, 6) is -2.19. The number of rotatable bonds is 22. The van der Waals surface area contributed by atoms with Crippen LogP contribution in [0.3, 0.4) is 0 Å². The molecule has 21 heteroatoms. The first-order valence-electron chi connectivity index (χ1n) is 27.5. The maximum Gasteiger partial charge on any atom is 0.345 e. The standard InChI is InChI=1S/C24H24FNO5.C23H22FNO4.C20H15F2NO5/c1-14(2)22(24(28)29)31-19-9-6-17(12-15(19)3)21-20(10-11-26-23(21)27)30-13-16-4-7-18(25)8-5-16;1-16-12-19(6-7-21(16)29-15-23(27)9-10-23)25-11-8-20(13-22(25)26)28-14-17-2-4-18(24)5-3-17;21-14-3-1-13(2-4-14)11-27-16-7-8-23(19(24)10-16)15-5-6-18(17(22)9-15)28-12-20(25)26/h4-12,14,22H,13H2,1-3H3,(H,26,27)(H,28,29);2-8,11-13,27H,9-10,14-15H2,1H3;1-10H,11-12H2,(H,25,26). The molecule has 1 unspecified atom stereocenters. The van der Waals surface area contributed by atoms with Crippen LogP contribution in [0.5, 0.6) is 34.5 Å². The van der Waals surface area contributed by atoms with Gasteiger partial charge < -0.3 is 48.7 Å². The molecule has 0 amide bonds. The number of halogens is 4. The Hall–Kier alpha value is -10.4. The van der Waals surface area contributed by atoms with Crippen LogP contribution in [0.1, 0.15) is 54.5 Å². The first-order valence-corrected chi connectivity index (χ1v) is 27.5. The van der Waals surface area contributed by atoms with Crippen LogP contribution >= 0.6 is 0 Å². The summed E-state index contributed by atoms with van der Waals surface area (Å²) in [6, 6.07) is 39.6. The molecule has 17 nitrogen and oxygen atoms in total. The molecule has 0 spiro atoms. The number of aromatic amines is 1. The van der Waals surface area contributed by atoms with Gasteiger partial charge >= 0.3 is 11.9 Å². The van der Waals surface area contributed by atoms with Gasteiger partial charge in [0.05, 0.1) is 16.9 Å². The number of benzene rings is 6. The number of aromatic nitrogens is 3. The highest BCUT2D eigenvalue weighted by Gasteiger charge is 2.41. The quantitative estimate of drug-likeness (QED) is 0.0463. The van der Waals surface area contributed by atoms with Crippen molar-refractivity contribution in [2.45, 2.75) is 72.1 Å². The average Bonchev–Trinajstić information content (AvgIpc) is 4.29. The first kappa shape index (κ1) is 63.6. The highest BCUT2D eigenvalue weighted by atomic mass is 19.1. The molecule has 456 valence electrons. The molecule has 10 rings (SSSR count). The number of nitrogens with one attached hydrogen (secondary N) is 1. The van der Waals surface area contributed by atoms with E-state index in [1.165, 1.54) is 88.3 Å². The molecule has 3 aromatic heterocycles. The molecule has 3 heterocycles. The normalized spacial score (nSPS) is 12.3. The molecule has 0 aliphatic heterocycles. The van der Waals surface area contributed by atoms with E-state index in [9.17, 15) is 51.7 Å². The number of ether oxygens (including phenoxy) is 6. The molecule has 88 heavy (non-hydrogen) atoms. The predicted octanol–water partition coefficient (Wildman–Crippen LogP) is 11.5. The topological polar surface area (TPSA) is 227 Å². The fourth-order valence-corrected chi connectivity index (χ4v) is 8.51. The summed E-state index contributed by atoms with van der Waals surface area (Å²) in [4.78, 5) is 62.0. The van der Waals surface area contributed by atoms with Gasteiger partial charge in [-0.15, -0.1) is 0 Å². The number of H-pyrrole nitrogens is 1. The number of carboxylic acid groups (broad SMARTS) is 2. The zero-order valence-electron chi connectivity index (χ0n) is 48.1. The third-order valence-corrected chi connectivity index (χ3v) is 13.5. The van der Waals surface area contributed by atoms with Crippen LogP contribution in [0.15, 0.2) is 191 Å². The molecule has 9 aromatic rings. The number of carboxylic acids is 2. The van der Waals surface area contributed by atoms with Crippen molar-refractivity contribution in [2.24, 2.45) is 5.92 Å². The molecule has 1 aliphatic carbocycles. The third kappa shape index (κ3) is 17.8. The van der Waals surface area contributed by atoms with Crippen LogP contribution < -0.4 is 45.1 Å². The lowest BCUT2D eigenvalue weighted by Crippen LogP contribution is -2.32. The zero-order chi connectivity index (χ0) is 63.1. The molecule has 4 N–H and O–H groups in total. The predicted molar refractivity (Wildman–Crippen MR) is 318 cm³/mol. The number of aliphatic carboxylic acids is 2. The molecule has 0 bridgehead atoms. The average molecular weight is 1210 g/mol. The van der Waals surface area contributed by atoms with Crippen molar-refractivity contribution >= 4 is 11.9 Å². The van der Waals surface area contributed by atoms with Crippen LogP contribution in [-0.2, 0) is 29.4 Å². The van der Waals surface area contributed by atoms with E-state index in [1.807, 2.05) is 19.1 Å². The third-order valence-electron chi connectivity index (χ3n) is 13.5. The fraction of sp³-hybridized carbons (Fsp3) is 0.209. The Labute approximate surface area is 501 Å². The van der Waals surface area contributed by atoms with E-state index < -0.39 is 41.6 Å². The molecular formula is C67H61F4N3O14. The Morgan fingerprint density at radius 1 is 0.557 bits per heavy atom. The number of hydrogen-bond acceptors (Lipinski definition) is 12. The van der Waals surface area contributed by atoms with Crippen molar-refractivity contribution in [3.63, 3.8) is 0 Å². The van der Waals surface area contributed by atoms with E-state index in [4.69, 9.17) is 33.5 Å². The van der Waals surface area contributed by atoms with E-state index in [-0.39, 0.29) is 72.4 Å². The number of aryl methyl sites for hydroxylation is 2. The SMILES string of the molecule is Cc1cc(-c2c(OCc3ccc(F)cc3)cc[nH]c2=O)ccc1OC(C(=O)O)C(C)C.Cc1cc(-n2ccc(OCc3ccc(F)cc3)cc2=O)ccc1OCC1(O)CC1.O=C(O)COc1ccc(-n2ccc(OCc3ccc(F)cc3)cc2=O)cc1F. The summed E-state index contributed by atoms with van der Waals surface area (Å²) >= 11 is 0. The molecule has 1 atom stereocenters. The van der Waals surface area contributed by atoms with Gasteiger partial charge in [0.2, 0.25) is 0 Å². The minimum atomic E-state index is -1.23. The maximum atomic E-state index is 14.0. The Morgan fingerprint density at radius 3 is 1.50 bits per heavy atom. The molecule has 0 radical (unpaired) electrons. The van der Waals surface area contributed by atoms with Gasteiger partial charge in [-0.2, -0.15) is 0 Å². The summed E-state index contributed by atoms with van der Waals surface area (Å²) in [6.07, 6.45) is 5.15. The molecule has 6 aromatic carbocycles. The highest BCUT2D eigenvalue weighted by molar-refractivity contribution is 5.74. The van der Waals surface area contributed by atoms with Gasteiger partial charge in [0, 0.05) is 48.4 Å². The Morgan fingerprint density at radius 2 is 1.05 bits per heavy atom. The van der Waals surface area contributed by atoms with Gasteiger partial charge in [0.25, 0.3) is 16.7 Å². The van der Waals surface area contributed by atoms with Gasteiger partial charge in [0.15, 0.2) is 24.3 Å². The van der Waals surface area contributed by atoms with Crippen LogP contribution in [0.4, 0.5) is 17.6 Å². The van der Waals surface area contributed by atoms with Crippen molar-refractivity contribution in [3.05, 3.63) is 258 Å². The van der Waals surface area contributed by atoms with Crippen LogP contribution in [0.25, 0.3) is 22.5 Å². The number of aliphatic hydroxyl groups is 1. The number of pyridine rings is 3. The smallest absolute Gasteiger partial charge is 0.345 e. The Bertz CT molecular complexity index is 4070. The first-order chi connectivity index (χ1) is 42.1. The van der Waals surface area contributed by atoms with Crippen LogP contribution in [0, 0.1) is 43.0 Å². The maximum absolute atomic E-state index is 14.0. The van der Waals surface area contributed by atoms with Gasteiger partial charge in [0.1, 0.15) is 72.6 Å². The minimum absolute atomic E-state index is 0.161. The molecule has 1 aliphatic rings. The summed E-state index contributed by atoms with van der Waals surface area (Å²) < 4.78 is 88.9. The van der Waals surface area contributed by atoms with Crippen molar-refractivity contribution in [1.82, 2.24) is 14.1 Å². The van der Waals surface area contributed by atoms with Crippen LogP contribution in [0.2, 0.25) is 0 Å². The minimum Gasteiger partial charge on any atom is -0.490 e. The molecule has 0 saturated heterocycles. The largest absolute Gasteiger partial charge is 0.490 e. The summed E-state index contributed by atoms with van der Waals surface area (Å²) in [6.45, 7) is 7.44. The van der Waals surface area contributed by atoms with Gasteiger partial charge in [-0.25, -0.2) is 27.2 Å². The van der Waals surface area contributed by atoms with E-state index in [0.717, 1.165) is 46.8 Å². The lowest BCUT2D eigenvalue weighted by molar-refractivity contribution is -0.147. The Kier molecular flexibility index (Phi) is 21.0. The van der Waals surface area contributed by atoms with Gasteiger partial charge in [-0.3, -0.25) is 23.5 Å². The highest BCUT2D eigenvalue weighted by Crippen LogP contribution is 2.36. The van der Waals surface area contributed by atoms with Crippen molar-refractivity contribution in [3.8, 4) is 57.0 Å². The molecular weight excluding hydrogens is 1150 g/mol.